The Kier molecular flexibility index (Phi) is 8.85. The lowest BCUT2D eigenvalue weighted by atomic mass is 9.80. The molecule has 0 saturated carbocycles. The highest BCUT2D eigenvalue weighted by Crippen LogP contribution is 2.40. The van der Waals surface area contributed by atoms with Crippen LogP contribution < -0.4 is 0 Å². The van der Waals surface area contributed by atoms with Crippen molar-refractivity contribution in [3.63, 3.8) is 0 Å². The van der Waals surface area contributed by atoms with E-state index in [-0.39, 0.29) is 30.4 Å². The van der Waals surface area contributed by atoms with Gasteiger partial charge < -0.3 is 14.6 Å². The van der Waals surface area contributed by atoms with Gasteiger partial charge in [-0.2, -0.15) is 5.06 Å². The Morgan fingerprint density at radius 2 is 1.55 bits per heavy atom. The summed E-state index contributed by atoms with van der Waals surface area (Å²) in [6.45, 7) is 13.9. The molecular weight excluding hydrogens is 414 g/mol. The van der Waals surface area contributed by atoms with Crippen LogP contribution in [0.5, 0.6) is 0 Å². The molecule has 2 aromatic rings. The topological polar surface area (TPSA) is 51.2 Å². The molecule has 5 nitrogen and oxygen atoms in total. The lowest BCUT2D eigenvalue weighted by Gasteiger charge is -2.53. The summed E-state index contributed by atoms with van der Waals surface area (Å²) in [5, 5.41) is 12.5. The maximum absolute atomic E-state index is 10.4. The second-order valence-electron chi connectivity index (χ2n) is 10.2. The third-order valence-electron chi connectivity index (χ3n) is 6.07. The second-order valence-corrected chi connectivity index (χ2v) is 10.2. The molecule has 0 aromatic heterocycles. The van der Waals surface area contributed by atoms with E-state index in [0.717, 1.165) is 24.0 Å². The van der Waals surface area contributed by atoms with E-state index >= 15 is 0 Å². The van der Waals surface area contributed by atoms with Gasteiger partial charge in [0.05, 0.1) is 32.5 Å². The Morgan fingerprint density at radius 1 is 0.939 bits per heavy atom. The van der Waals surface area contributed by atoms with Crippen molar-refractivity contribution in [2.24, 2.45) is 0 Å². The van der Waals surface area contributed by atoms with Gasteiger partial charge in [0.2, 0.25) is 0 Å². The van der Waals surface area contributed by atoms with Crippen LogP contribution in [0.1, 0.15) is 57.2 Å². The molecule has 1 aliphatic rings. The number of piperidine rings is 1. The van der Waals surface area contributed by atoms with Gasteiger partial charge in [0.15, 0.2) is 0 Å². The molecular formula is C28H39NO4. The molecule has 0 spiro atoms. The largest absolute Gasteiger partial charge is 0.388 e. The predicted octanol–water partition coefficient (Wildman–Crippen LogP) is 5.38. The molecule has 3 rings (SSSR count). The van der Waals surface area contributed by atoms with Crippen LogP contribution in [-0.4, -0.2) is 46.7 Å². The van der Waals surface area contributed by atoms with Crippen LogP contribution in [-0.2, 0) is 27.5 Å². The molecule has 1 N–H and O–H groups in total. The SMILES string of the molecule is C=Cc1ccc(COCC(O)CON2C(C)(C)CC(OCc3ccccc3)CC2(C)C)cc1. The molecule has 1 fully saturated rings. The summed E-state index contributed by atoms with van der Waals surface area (Å²) >= 11 is 0. The molecule has 0 radical (unpaired) electrons. The van der Waals surface area contributed by atoms with Gasteiger partial charge in [-0.15, -0.1) is 0 Å². The van der Waals surface area contributed by atoms with E-state index in [0.29, 0.717) is 13.2 Å². The van der Waals surface area contributed by atoms with Gasteiger partial charge in [-0.3, -0.25) is 4.84 Å². The molecule has 1 saturated heterocycles. The van der Waals surface area contributed by atoms with Crippen molar-refractivity contribution in [1.82, 2.24) is 5.06 Å². The second kappa shape index (κ2) is 11.4. The van der Waals surface area contributed by atoms with E-state index in [1.165, 1.54) is 5.56 Å². The van der Waals surface area contributed by atoms with E-state index in [1.807, 2.05) is 53.6 Å². The number of aliphatic hydroxyl groups is 1. The van der Waals surface area contributed by atoms with E-state index in [4.69, 9.17) is 14.3 Å². The number of hydrogen-bond donors (Lipinski definition) is 1. The van der Waals surface area contributed by atoms with Crippen molar-refractivity contribution in [3.8, 4) is 0 Å². The molecule has 1 atom stereocenters. The Labute approximate surface area is 198 Å². The van der Waals surface area contributed by atoms with E-state index in [2.05, 4.69) is 46.4 Å². The van der Waals surface area contributed by atoms with Crippen LogP contribution in [0.2, 0.25) is 0 Å². The Balaban J connectivity index is 1.45. The molecule has 0 aliphatic carbocycles. The highest BCUT2D eigenvalue weighted by Gasteiger charge is 2.47. The number of nitrogens with zero attached hydrogens (tertiary/aromatic N) is 1. The van der Waals surface area contributed by atoms with Gasteiger partial charge in [0.25, 0.3) is 0 Å². The Morgan fingerprint density at radius 3 is 2.15 bits per heavy atom. The fourth-order valence-corrected chi connectivity index (χ4v) is 4.70. The number of aliphatic hydroxyl groups excluding tert-OH is 1. The average Bonchev–Trinajstić information content (AvgIpc) is 2.77. The minimum Gasteiger partial charge on any atom is -0.388 e. The zero-order valence-electron chi connectivity index (χ0n) is 20.5. The van der Waals surface area contributed by atoms with Crippen molar-refractivity contribution in [1.29, 1.82) is 0 Å². The quantitative estimate of drug-likeness (QED) is 0.495. The minimum atomic E-state index is -0.698. The van der Waals surface area contributed by atoms with Crippen LogP contribution in [0, 0.1) is 0 Å². The summed E-state index contributed by atoms with van der Waals surface area (Å²) in [7, 11) is 0. The molecule has 33 heavy (non-hydrogen) atoms. The van der Waals surface area contributed by atoms with Crippen molar-refractivity contribution >= 4 is 6.08 Å². The molecule has 0 bridgehead atoms. The smallest absolute Gasteiger partial charge is 0.103 e. The minimum absolute atomic E-state index is 0.149. The Bertz CT molecular complexity index is 845. The van der Waals surface area contributed by atoms with Gasteiger partial charge in [0, 0.05) is 11.1 Å². The fraction of sp³-hybridized carbons (Fsp3) is 0.500. The first-order valence-corrected chi connectivity index (χ1v) is 11.8. The molecule has 1 heterocycles. The van der Waals surface area contributed by atoms with Gasteiger partial charge in [-0.25, -0.2) is 0 Å². The zero-order valence-corrected chi connectivity index (χ0v) is 20.5. The summed E-state index contributed by atoms with van der Waals surface area (Å²) in [4.78, 5) is 6.16. The van der Waals surface area contributed by atoms with Gasteiger partial charge in [0.1, 0.15) is 6.10 Å². The number of hydrogen-bond acceptors (Lipinski definition) is 5. The van der Waals surface area contributed by atoms with Crippen LogP contribution in [0.25, 0.3) is 6.08 Å². The third kappa shape index (κ3) is 7.49. The van der Waals surface area contributed by atoms with Gasteiger partial charge in [-0.1, -0.05) is 67.3 Å². The van der Waals surface area contributed by atoms with E-state index in [9.17, 15) is 5.11 Å². The number of ether oxygens (including phenoxy) is 2. The van der Waals surface area contributed by atoms with Crippen LogP contribution in [0.3, 0.4) is 0 Å². The normalized spacial score (nSPS) is 19.3. The molecule has 0 amide bonds. The first kappa shape index (κ1) is 25.6. The Hall–Kier alpha value is -2.02. The lowest BCUT2D eigenvalue weighted by Crippen LogP contribution is -2.62. The standard InChI is InChI=1S/C28H39NO4/c1-6-22-12-14-24(15-13-22)18-31-20-25(30)21-33-29-27(2,3)16-26(17-28(29,4)5)32-19-23-10-8-7-9-11-23/h6-15,25-26,30H,1,16-21H2,2-5H3. The summed E-state index contributed by atoms with van der Waals surface area (Å²) in [6.07, 6.45) is 2.98. The summed E-state index contributed by atoms with van der Waals surface area (Å²) in [5.41, 5.74) is 2.87. The highest BCUT2D eigenvalue weighted by molar-refractivity contribution is 5.47. The first-order valence-electron chi connectivity index (χ1n) is 11.8. The van der Waals surface area contributed by atoms with Gasteiger partial charge in [-0.05, 0) is 57.2 Å². The van der Waals surface area contributed by atoms with Crippen molar-refractivity contribution in [2.45, 2.75) is 77.0 Å². The predicted molar refractivity (Wildman–Crippen MR) is 132 cm³/mol. The number of rotatable bonds is 11. The number of hydroxylamine groups is 2. The maximum Gasteiger partial charge on any atom is 0.103 e. The molecule has 5 heteroatoms. The highest BCUT2D eigenvalue weighted by atomic mass is 16.7. The summed E-state index contributed by atoms with van der Waals surface area (Å²) in [6, 6.07) is 18.3. The lowest BCUT2D eigenvalue weighted by molar-refractivity contribution is -0.304. The van der Waals surface area contributed by atoms with Crippen LogP contribution in [0.4, 0.5) is 0 Å². The monoisotopic (exact) mass is 453 g/mol. The van der Waals surface area contributed by atoms with E-state index in [1.54, 1.807) is 0 Å². The molecule has 1 aliphatic heterocycles. The molecule has 180 valence electrons. The van der Waals surface area contributed by atoms with Crippen LogP contribution >= 0.6 is 0 Å². The molecule has 1 unspecified atom stereocenters. The van der Waals surface area contributed by atoms with E-state index < -0.39 is 6.10 Å². The fourth-order valence-electron chi connectivity index (χ4n) is 4.70. The zero-order chi connectivity index (χ0) is 23.9. The average molecular weight is 454 g/mol. The summed E-state index contributed by atoms with van der Waals surface area (Å²) < 4.78 is 12.0. The summed E-state index contributed by atoms with van der Waals surface area (Å²) in [5.74, 6) is 0. The molecule has 2 aromatic carbocycles. The van der Waals surface area contributed by atoms with Crippen molar-refractivity contribution < 1.29 is 19.4 Å². The van der Waals surface area contributed by atoms with Crippen molar-refractivity contribution in [3.05, 3.63) is 77.9 Å². The number of benzene rings is 2. The van der Waals surface area contributed by atoms with Crippen molar-refractivity contribution in [2.75, 3.05) is 13.2 Å². The third-order valence-corrected chi connectivity index (χ3v) is 6.07. The van der Waals surface area contributed by atoms with Gasteiger partial charge >= 0.3 is 0 Å². The van der Waals surface area contributed by atoms with Crippen LogP contribution in [0.15, 0.2) is 61.2 Å². The first-order chi connectivity index (χ1) is 15.7. The maximum atomic E-state index is 10.4.